The van der Waals surface area contributed by atoms with E-state index in [1.165, 1.54) is 45.4 Å². The number of alkyl halides is 3. The maximum atomic E-state index is 12.9. The molecule has 0 saturated heterocycles. The van der Waals surface area contributed by atoms with Crippen molar-refractivity contribution >= 4 is 18.4 Å². The van der Waals surface area contributed by atoms with Gasteiger partial charge in [-0.05, 0) is 42.4 Å². The highest BCUT2D eigenvalue weighted by Gasteiger charge is 2.37. The van der Waals surface area contributed by atoms with Crippen molar-refractivity contribution in [2.45, 2.75) is 58.0 Å². The fourth-order valence-electron chi connectivity index (χ4n) is 2.83. The van der Waals surface area contributed by atoms with E-state index in [2.05, 4.69) is 22.2 Å². The summed E-state index contributed by atoms with van der Waals surface area (Å²) in [4.78, 5) is 0. The van der Waals surface area contributed by atoms with Gasteiger partial charge in [-0.3, -0.25) is 0 Å². The smallest absolute Gasteiger partial charge is 0.453 e. The van der Waals surface area contributed by atoms with Gasteiger partial charge in [0.05, 0.1) is 19.9 Å². The highest BCUT2D eigenvalue weighted by atomic mass is 32.1. The summed E-state index contributed by atoms with van der Waals surface area (Å²) in [6.45, 7) is 2.78. The highest BCUT2D eigenvalue weighted by Crippen LogP contribution is 2.29. The molecule has 1 heterocycles. The van der Waals surface area contributed by atoms with Crippen molar-refractivity contribution in [1.82, 2.24) is 14.9 Å². The van der Waals surface area contributed by atoms with Gasteiger partial charge in [0, 0.05) is 0 Å². The number of hydrogen-bond acceptors (Lipinski definition) is 5. The lowest BCUT2D eigenvalue weighted by atomic mass is 10.1. The number of unbranched alkanes of at least 4 members (excludes halogenated alkanes) is 6. The lowest BCUT2D eigenvalue weighted by Gasteiger charge is -2.11. The van der Waals surface area contributed by atoms with E-state index in [4.69, 9.17) is 21.7 Å². The van der Waals surface area contributed by atoms with Gasteiger partial charge in [-0.2, -0.15) is 22.9 Å². The third kappa shape index (κ3) is 7.16. The van der Waals surface area contributed by atoms with Crippen LogP contribution in [0.3, 0.4) is 0 Å². The Bertz CT molecular complexity index is 878. The van der Waals surface area contributed by atoms with Gasteiger partial charge < -0.3 is 9.47 Å². The summed E-state index contributed by atoms with van der Waals surface area (Å²) in [7, 11) is 1.50. The summed E-state index contributed by atoms with van der Waals surface area (Å²) in [5.74, 6) is -0.157. The van der Waals surface area contributed by atoms with Gasteiger partial charge in [0.25, 0.3) is 5.82 Å². The van der Waals surface area contributed by atoms with E-state index in [1.54, 1.807) is 18.2 Å². The molecule has 0 radical (unpaired) electrons. The van der Waals surface area contributed by atoms with Gasteiger partial charge >= 0.3 is 6.18 Å². The molecular formula is C20H27F3N4O2S. The molecule has 166 valence electrons. The van der Waals surface area contributed by atoms with Crippen LogP contribution in [0.2, 0.25) is 0 Å². The lowest BCUT2D eigenvalue weighted by molar-refractivity contribution is -0.147. The first-order valence-electron chi connectivity index (χ1n) is 9.96. The number of H-pyrrole nitrogens is 1. The SMILES string of the molecule is CCCCCCCCCOc1ccc(/C=N\n2c(C(F)(F)F)n[nH]c2=S)cc1OC. The number of benzene rings is 1. The summed E-state index contributed by atoms with van der Waals surface area (Å²) in [6.07, 6.45) is 4.91. The number of hydrogen-bond donors (Lipinski definition) is 1. The molecule has 0 saturated carbocycles. The number of halogens is 3. The summed E-state index contributed by atoms with van der Waals surface area (Å²) >= 11 is 4.81. The van der Waals surface area contributed by atoms with E-state index < -0.39 is 12.0 Å². The number of nitrogens with zero attached hydrogens (tertiary/aromatic N) is 3. The number of ether oxygens (including phenoxy) is 2. The van der Waals surface area contributed by atoms with Gasteiger partial charge in [0.15, 0.2) is 11.5 Å². The molecule has 0 aliphatic heterocycles. The van der Waals surface area contributed by atoms with Gasteiger partial charge in [-0.1, -0.05) is 45.4 Å². The standard InChI is InChI=1S/C20H27F3N4O2S/c1-3-4-5-6-7-8-9-12-29-16-11-10-15(13-17(16)28-2)14-24-27-18(20(21,22)23)25-26-19(27)30/h10-11,13-14H,3-9,12H2,1-2H3,(H,26,30)/b24-14-. The zero-order valence-corrected chi connectivity index (χ0v) is 18.0. The van der Waals surface area contributed by atoms with Crippen molar-refractivity contribution in [2.24, 2.45) is 5.10 Å². The Morgan fingerprint density at radius 1 is 1.13 bits per heavy atom. The van der Waals surface area contributed by atoms with Gasteiger partial charge in [0.2, 0.25) is 4.77 Å². The number of nitrogens with one attached hydrogen (secondary N) is 1. The monoisotopic (exact) mass is 444 g/mol. The molecule has 1 aromatic heterocycles. The van der Waals surface area contributed by atoms with Crippen LogP contribution in [0, 0.1) is 4.77 Å². The average Bonchev–Trinajstić information content (AvgIpc) is 3.09. The summed E-state index contributed by atoms with van der Waals surface area (Å²) < 4.78 is 50.3. The van der Waals surface area contributed by atoms with Crippen LogP contribution in [0.5, 0.6) is 11.5 Å². The van der Waals surface area contributed by atoms with Crippen molar-refractivity contribution in [3.63, 3.8) is 0 Å². The molecule has 10 heteroatoms. The molecule has 1 N–H and O–H groups in total. The second kappa shape index (κ2) is 11.7. The number of aromatic amines is 1. The zero-order chi connectivity index (χ0) is 22.0. The molecule has 0 bridgehead atoms. The third-order valence-corrected chi connectivity index (χ3v) is 4.68. The molecule has 0 aliphatic carbocycles. The van der Waals surface area contributed by atoms with E-state index in [1.807, 2.05) is 0 Å². The minimum Gasteiger partial charge on any atom is -0.493 e. The van der Waals surface area contributed by atoms with Crippen molar-refractivity contribution in [1.29, 1.82) is 0 Å². The first kappa shape index (κ1) is 23.9. The topological polar surface area (TPSA) is 64.4 Å². The molecule has 0 fully saturated rings. The number of rotatable bonds is 12. The predicted molar refractivity (Wildman–Crippen MR) is 112 cm³/mol. The number of aromatic nitrogens is 3. The largest absolute Gasteiger partial charge is 0.493 e. The molecule has 0 aliphatic rings. The quantitative estimate of drug-likeness (QED) is 0.248. The summed E-state index contributed by atoms with van der Waals surface area (Å²) in [5, 5.41) is 9.08. The highest BCUT2D eigenvalue weighted by molar-refractivity contribution is 7.71. The van der Waals surface area contributed by atoms with Gasteiger partial charge in [0.1, 0.15) is 0 Å². The van der Waals surface area contributed by atoms with Crippen LogP contribution in [-0.4, -0.2) is 34.8 Å². The molecule has 2 rings (SSSR count). The van der Waals surface area contributed by atoms with Crippen molar-refractivity contribution < 1.29 is 22.6 Å². The van der Waals surface area contributed by atoms with E-state index in [9.17, 15) is 13.2 Å². The fraction of sp³-hybridized carbons (Fsp3) is 0.550. The van der Waals surface area contributed by atoms with Gasteiger partial charge in [-0.25, -0.2) is 5.10 Å². The Kier molecular flexibility index (Phi) is 9.35. The van der Waals surface area contributed by atoms with E-state index >= 15 is 0 Å². The number of methoxy groups -OCH3 is 1. The lowest BCUT2D eigenvalue weighted by Crippen LogP contribution is -2.12. The Hall–Kier alpha value is -2.36. The molecule has 30 heavy (non-hydrogen) atoms. The molecule has 1 aromatic carbocycles. The van der Waals surface area contributed by atoms with Crippen molar-refractivity contribution in [3.05, 3.63) is 34.4 Å². The first-order chi connectivity index (χ1) is 14.4. The Morgan fingerprint density at radius 3 is 2.50 bits per heavy atom. The normalized spacial score (nSPS) is 11.9. The second-order valence-corrected chi connectivity index (χ2v) is 7.17. The average molecular weight is 445 g/mol. The second-order valence-electron chi connectivity index (χ2n) is 6.79. The molecule has 6 nitrogen and oxygen atoms in total. The van der Waals surface area contributed by atoms with Crippen LogP contribution in [0.25, 0.3) is 0 Å². The maximum absolute atomic E-state index is 12.9. The van der Waals surface area contributed by atoms with Gasteiger partial charge in [-0.15, -0.1) is 5.10 Å². The minimum atomic E-state index is -4.67. The predicted octanol–water partition coefficient (Wildman–Crippen LogP) is 5.98. The maximum Gasteiger partial charge on any atom is 0.453 e. The molecule has 0 spiro atoms. The van der Waals surface area contributed by atoms with E-state index in [0.717, 1.165) is 12.8 Å². The molecular weight excluding hydrogens is 417 g/mol. The first-order valence-corrected chi connectivity index (χ1v) is 10.4. The molecule has 0 unspecified atom stereocenters. The van der Waals surface area contributed by atoms with Crippen LogP contribution >= 0.6 is 12.2 Å². The molecule has 2 aromatic rings. The Balaban J connectivity index is 1.95. The van der Waals surface area contributed by atoms with E-state index in [-0.39, 0.29) is 4.77 Å². The molecule has 0 atom stereocenters. The van der Waals surface area contributed by atoms with Crippen LogP contribution in [-0.2, 0) is 6.18 Å². The van der Waals surface area contributed by atoms with Crippen molar-refractivity contribution in [3.8, 4) is 11.5 Å². The summed E-state index contributed by atoms with van der Waals surface area (Å²) in [6, 6.07) is 5.03. The minimum absolute atomic E-state index is 0.250. The van der Waals surface area contributed by atoms with Crippen LogP contribution in [0.1, 0.15) is 63.3 Å². The fourth-order valence-corrected chi connectivity index (χ4v) is 3.01. The van der Waals surface area contributed by atoms with Crippen LogP contribution in [0.4, 0.5) is 13.2 Å². The zero-order valence-electron chi connectivity index (χ0n) is 17.2. The van der Waals surface area contributed by atoms with Crippen LogP contribution < -0.4 is 9.47 Å². The third-order valence-electron chi connectivity index (χ3n) is 4.42. The Morgan fingerprint density at radius 2 is 1.83 bits per heavy atom. The summed E-state index contributed by atoms with van der Waals surface area (Å²) in [5.41, 5.74) is 0.534. The molecule has 0 amide bonds. The Labute approximate surface area is 179 Å². The van der Waals surface area contributed by atoms with Crippen molar-refractivity contribution in [2.75, 3.05) is 13.7 Å². The van der Waals surface area contributed by atoms with Crippen LogP contribution in [0.15, 0.2) is 23.3 Å². The van der Waals surface area contributed by atoms with E-state index in [0.29, 0.717) is 28.3 Å².